The quantitative estimate of drug-likeness (QED) is 0.531. The SMILES string of the molecule is NCCNC(=O)C1CCCN(C(=O)CCNC(=O)c2n[nH]c3ccccc23)C1. The molecule has 5 N–H and O–H groups in total. The van der Waals surface area contributed by atoms with Crippen LogP contribution >= 0.6 is 0 Å². The van der Waals surface area contributed by atoms with E-state index in [9.17, 15) is 14.4 Å². The molecule has 28 heavy (non-hydrogen) atoms. The molecule has 1 saturated heterocycles. The number of fused-ring (bicyclic) bond motifs is 1. The highest BCUT2D eigenvalue weighted by atomic mass is 16.2. The molecule has 0 bridgehead atoms. The number of rotatable bonds is 7. The van der Waals surface area contributed by atoms with Crippen LogP contribution < -0.4 is 16.4 Å². The van der Waals surface area contributed by atoms with Crippen LogP contribution in [0.15, 0.2) is 24.3 Å². The minimum atomic E-state index is -0.317. The molecule has 1 aromatic carbocycles. The summed E-state index contributed by atoms with van der Waals surface area (Å²) >= 11 is 0. The molecule has 1 aliphatic heterocycles. The number of carbonyl (C=O) groups excluding carboxylic acids is 3. The Kier molecular flexibility index (Phi) is 6.59. The fraction of sp³-hybridized carbons (Fsp3) is 0.474. The number of nitrogens with two attached hydrogens (primary N) is 1. The van der Waals surface area contributed by atoms with Crippen LogP contribution in [0.3, 0.4) is 0 Å². The normalized spacial score (nSPS) is 16.8. The van der Waals surface area contributed by atoms with Crippen LogP contribution in [-0.2, 0) is 9.59 Å². The van der Waals surface area contributed by atoms with Gasteiger partial charge in [0.15, 0.2) is 5.69 Å². The van der Waals surface area contributed by atoms with Crippen LogP contribution in [0.5, 0.6) is 0 Å². The predicted octanol–water partition coefficient (Wildman–Crippen LogP) is -0.00370. The molecular formula is C19H26N6O3. The summed E-state index contributed by atoms with van der Waals surface area (Å²) in [6.45, 7) is 2.10. The monoisotopic (exact) mass is 386 g/mol. The van der Waals surface area contributed by atoms with Gasteiger partial charge in [-0.15, -0.1) is 0 Å². The smallest absolute Gasteiger partial charge is 0.272 e. The maximum Gasteiger partial charge on any atom is 0.272 e. The Bertz CT molecular complexity index is 849. The molecule has 1 fully saturated rings. The van der Waals surface area contributed by atoms with E-state index in [0.29, 0.717) is 31.9 Å². The van der Waals surface area contributed by atoms with E-state index in [2.05, 4.69) is 20.8 Å². The van der Waals surface area contributed by atoms with Gasteiger partial charge >= 0.3 is 0 Å². The molecule has 2 heterocycles. The Labute approximate surface area is 163 Å². The van der Waals surface area contributed by atoms with E-state index in [4.69, 9.17) is 5.73 Å². The van der Waals surface area contributed by atoms with E-state index in [1.165, 1.54) is 0 Å². The van der Waals surface area contributed by atoms with Gasteiger partial charge in [0, 0.05) is 44.5 Å². The first-order valence-electron chi connectivity index (χ1n) is 9.57. The first kappa shape index (κ1) is 19.8. The number of carbonyl (C=O) groups is 3. The van der Waals surface area contributed by atoms with Gasteiger partial charge in [-0.25, -0.2) is 0 Å². The zero-order valence-electron chi connectivity index (χ0n) is 15.7. The Hall–Kier alpha value is -2.94. The van der Waals surface area contributed by atoms with Gasteiger partial charge in [-0.05, 0) is 18.9 Å². The van der Waals surface area contributed by atoms with Crippen LogP contribution in [0.25, 0.3) is 10.9 Å². The summed E-state index contributed by atoms with van der Waals surface area (Å²) in [6.07, 6.45) is 1.74. The van der Waals surface area contributed by atoms with Crippen molar-refractivity contribution in [3.63, 3.8) is 0 Å². The number of nitrogens with zero attached hydrogens (tertiary/aromatic N) is 2. The summed E-state index contributed by atoms with van der Waals surface area (Å²) in [5, 5.41) is 13.1. The number of aromatic nitrogens is 2. The number of piperidine rings is 1. The van der Waals surface area contributed by atoms with E-state index in [0.717, 1.165) is 23.7 Å². The van der Waals surface area contributed by atoms with Gasteiger partial charge < -0.3 is 21.3 Å². The Morgan fingerprint density at radius 3 is 2.86 bits per heavy atom. The lowest BCUT2D eigenvalue weighted by Gasteiger charge is -2.32. The lowest BCUT2D eigenvalue weighted by atomic mass is 9.97. The minimum Gasteiger partial charge on any atom is -0.355 e. The van der Waals surface area contributed by atoms with Crippen LogP contribution in [0.2, 0.25) is 0 Å². The largest absolute Gasteiger partial charge is 0.355 e. The fourth-order valence-electron chi connectivity index (χ4n) is 3.42. The Balaban J connectivity index is 1.47. The van der Waals surface area contributed by atoms with E-state index in [1.54, 1.807) is 4.90 Å². The summed E-state index contributed by atoms with van der Waals surface area (Å²) in [6, 6.07) is 7.37. The molecule has 1 unspecified atom stereocenters. The van der Waals surface area contributed by atoms with Crippen molar-refractivity contribution < 1.29 is 14.4 Å². The van der Waals surface area contributed by atoms with E-state index in [1.807, 2.05) is 24.3 Å². The highest BCUT2D eigenvalue weighted by Crippen LogP contribution is 2.17. The molecule has 1 atom stereocenters. The highest BCUT2D eigenvalue weighted by molar-refractivity contribution is 6.04. The summed E-state index contributed by atoms with van der Waals surface area (Å²) < 4.78 is 0. The summed E-state index contributed by atoms with van der Waals surface area (Å²) in [5.41, 5.74) is 6.51. The maximum absolute atomic E-state index is 12.5. The van der Waals surface area contributed by atoms with Crippen molar-refractivity contribution >= 4 is 28.6 Å². The van der Waals surface area contributed by atoms with E-state index in [-0.39, 0.29) is 36.6 Å². The van der Waals surface area contributed by atoms with Crippen molar-refractivity contribution in [3.05, 3.63) is 30.0 Å². The Morgan fingerprint density at radius 2 is 2.04 bits per heavy atom. The molecular weight excluding hydrogens is 360 g/mol. The number of likely N-dealkylation sites (tertiary alicyclic amines) is 1. The predicted molar refractivity (Wildman–Crippen MR) is 104 cm³/mol. The molecule has 9 heteroatoms. The van der Waals surface area contributed by atoms with Crippen LogP contribution in [0.1, 0.15) is 29.8 Å². The van der Waals surface area contributed by atoms with Gasteiger partial charge in [-0.3, -0.25) is 19.5 Å². The van der Waals surface area contributed by atoms with Crippen molar-refractivity contribution in [2.75, 3.05) is 32.7 Å². The van der Waals surface area contributed by atoms with Crippen molar-refractivity contribution in [2.24, 2.45) is 11.7 Å². The fourth-order valence-corrected chi connectivity index (χ4v) is 3.42. The van der Waals surface area contributed by atoms with Crippen molar-refractivity contribution in [2.45, 2.75) is 19.3 Å². The Morgan fingerprint density at radius 1 is 1.21 bits per heavy atom. The van der Waals surface area contributed by atoms with Gasteiger partial charge in [0.05, 0.1) is 11.4 Å². The molecule has 0 aliphatic carbocycles. The van der Waals surface area contributed by atoms with Crippen LogP contribution in [0, 0.1) is 5.92 Å². The highest BCUT2D eigenvalue weighted by Gasteiger charge is 2.28. The molecule has 0 radical (unpaired) electrons. The molecule has 9 nitrogen and oxygen atoms in total. The second-order valence-electron chi connectivity index (χ2n) is 6.88. The summed E-state index contributed by atoms with van der Waals surface area (Å²) in [7, 11) is 0. The summed E-state index contributed by atoms with van der Waals surface area (Å²) in [5.74, 6) is -0.637. The number of aromatic amines is 1. The maximum atomic E-state index is 12.5. The zero-order valence-corrected chi connectivity index (χ0v) is 15.7. The van der Waals surface area contributed by atoms with Crippen molar-refractivity contribution in [1.82, 2.24) is 25.7 Å². The molecule has 0 saturated carbocycles. The minimum absolute atomic E-state index is 0.0540. The first-order chi connectivity index (χ1) is 13.6. The topological polar surface area (TPSA) is 133 Å². The second-order valence-corrected chi connectivity index (χ2v) is 6.88. The van der Waals surface area contributed by atoms with Gasteiger partial charge in [0.2, 0.25) is 11.8 Å². The van der Waals surface area contributed by atoms with Gasteiger partial charge in [-0.2, -0.15) is 5.10 Å². The van der Waals surface area contributed by atoms with E-state index >= 15 is 0 Å². The third-order valence-corrected chi connectivity index (χ3v) is 4.90. The van der Waals surface area contributed by atoms with Gasteiger partial charge in [0.1, 0.15) is 0 Å². The molecule has 1 aliphatic rings. The molecule has 3 amide bonds. The molecule has 2 aromatic rings. The van der Waals surface area contributed by atoms with Crippen molar-refractivity contribution in [1.29, 1.82) is 0 Å². The number of nitrogens with one attached hydrogen (secondary N) is 3. The van der Waals surface area contributed by atoms with Crippen LogP contribution in [-0.4, -0.2) is 65.5 Å². The average molecular weight is 386 g/mol. The first-order valence-corrected chi connectivity index (χ1v) is 9.57. The molecule has 0 spiro atoms. The number of H-pyrrole nitrogens is 1. The lowest BCUT2D eigenvalue weighted by Crippen LogP contribution is -2.46. The number of para-hydroxylation sites is 1. The van der Waals surface area contributed by atoms with Gasteiger partial charge in [0.25, 0.3) is 5.91 Å². The molecule has 3 rings (SSSR count). The van der Waals surface area contributed by atoms with E-state index < -0.39 is 0 Å². The second kappa shape index (κ2) is 9.32. The zero-order chi connectivity index (χ0) is 19.9. The average Bonchev–Trinajstić information content (AvgIpc) is 3.16. The number of amides is 3. The summed E-state index contributed by atoms with van der Waals surface area (Å²) in [4.78, 5) is 38.6. The standard InChI is InChI=1S/C19H26N6O3/c20-8-10-22-18(27)13-4-3-11-25(12-13)16(26)7-9-21-19(28)17-14-5-1-2-6-15(14)23-24-17/h1-2,5-6,13H,3-4,7-12,20H2,(H,21,28)(H,22,27)(H,23,24). The number of benzene rings is 1. The number of hydrogen-bond donors (Lipinski definition) is 4. The molecule has 1 aromatic heterocycles. The lowest BCUT2D eigenvalue weighted by molar-refractivity contribution is -0.135. The third kappa shape index (κ3) is 4.66. The number of hydrogen-bond acceptors (Lipinski definition) is 5. The van der Waals surface area contributed by atoms with Crippen LogP contribution in [0.4, 0.5) is 0 Å². The van der Waals surface area contributed by atoms with Crippen molar-refractivity contribution in [3.8, 4) is 0 Å². The van der Waals surface area contributed by atoms with Gasteiger partial charge in [-0.1, -0.05) is 18.2 Å². The molecule has 150 valence electrons. The third-order valence-electron chi connectivity index (χ3n) is 4.90.